The Morgan fingerprint density at radius 1 is 1.17 bits per heavy atom. The monoisotopic (exact) mass is 238 g/mol. The van der Waals surface area contributed by atoms with Gasteiger partial charge < -0.3 is 5.32 Å². The molecule has 0 bridgehead atoms. The standard InChI is InChI=1S/C16H18N2/c1-2-6-16-15(5-1)14(9-11-18-16)8-7-13-4-3-10-17-12-13/h1-6,10,12,14,18H,7-9,11H2. The normalized spacial score (nSPS) is 17.9. The fourth-order valence-corrected chi connectivity index (χ4v) is 2.74. The molecule has 0 saturated heterocycles. The van der Waals surface area contributed by atoms with Crippen molar-refractivity contribution >= 4 is 5.69 Å². The molecule has 18 heavy (non-hydrogen) atoms. The number of fused-ring (bicyclic) bond motifs is 1. The molecule has 2 heterocycles. The van der Waals surface area contributed by atoms with Gasteiger partial charge in [0, 0.05) is 24.6 Å². The molecular weight excluding hydrogens is 220 g/mol. The molecule has 0 amide bonds. The van der Waals surface area contributed by atoms with Gasteiger partial charge in [-0.3, -0.25) is 4.98 Å². The lowest BCUT2D eigenvalue weighted by Gasteiger charge is -2.26. The third kappa shape index (κ3) is 2.37. The molecule has 0 aliphatic carbocycles. The van der Waals surface area contributed by atoms with Crippen LogP contribution in [0.1, 0.15) is 29.9 Å². The van der Waals surface area contributed by atoms with E-state index in [1.165, 1.54) is 29.7 Å². The fraction of sp³-hybridized carbons (Fsp3) is 0.312. The summed E-state index contributed by atoms with van der Waals surface area (Å²) in [4.78, 5) is 4.18. The van der Waals surface area contributed by atoms with E-state index in [4.69, 9.17) is 0 Å². The van der Waals surface area contributed by atoms with Gasteiger partial charge in [-0.15, -0.1) is 0 Å². The maximum Gasteiger partial charge on any atom is 0.0375 e. The highest BCUT2D eigenvalue weighted by molar-refractivity contribution is 5.54. The molecule has 0 spiro atoms. The van der Waals surface area contributed by atoms with Crippen LogP contribution in [0.5, 0.6) is 0 Å². The first-order valence-electron chi connectivity index (χ1n) is 6.65. The first kappa shape index (κ1) is 11.3. The molecule has 1 aliphatic heterocycles. The Hall–Kier alpha value is -1.83. The van der Waals surface area contributed by atoms with Crippen LogP contribution in [-0.2, 0) is 6.42 Å². The van der Waals surface area contributed by atoms with E-state index in [9.17, 15) is 0 Å². The second kappa shape index (κ2) is 5.21. The molecule has 2 aromatic rings. The lowest BCUT2D eigenvalue weighted by molar-refractivity contribution is 0.578. The van der Waals surface area contributed by atoms with Crippen LogP contribution in [0.15, 0.2) is 48.8 Å². The zero-order valence-electron chi connectivity index (χ0n) is 10.5. The maximum atomic E-state index is 4.18. The number of nitrogens with zero attached hydrogens (tertiary/aromatic N) is 1. The quantitative estimate of drug-likeness (QED) is 0.883. The topological polar surface area (TPSA) is 24.9 Å². The fourth-order valence-electron chi connectivity index (χ4n) is 2.74. The zero-order valence-corrected chi connectivity index (χ0v) is 10.5. The van der Waals surface area contributed by atoms with Crippen LogP contribution < -0.4 is 5.32 Å². The molecule has 2 heteroatoms. The predicted molar refractivity (Wildman–Crippen MR) is 74.8 cm³/mol. The largest absolute Gasteiger partial charge is 0.385 e. The summed E-state index contributed by atoms with van der Waals surface area (Å²) in [7, 11) is 0. The Kier molecular flexibility index (Phi) is 3.26. The lowest BCUT2D eigenvalue weighted by Crippen LogP contribution is -2.17. The molecular formula is C16H18N2. The summed E-state index contributed by atoms with van der Waals surface area (Å²) in [6, 6.07) is 12.9. The third-order valence-corrected chi connectivity index (χ3v) is 3.71. The Labute approximate surface area is 108 Å². The molecule has 0 saturated carbocycles. The molecule has 0 fully saturated rings. The van der Waals surface area contributed by atoms with Gasteiger partial charge in [0.2, 0.25) is 0 Å². The van der Waals surface area contributed by atoms with Crippen molar-refractivity contribution in [2.75, 3.05) is 11.9 Å². The van der Waals surface area contributed by atoms with Crippen molar-refractivity contribution in [3.05, 3.63) is 59.9 Å². The number of benzene rings is 1. The van der Waals surface area contributed by atoms with Crippen LogP contribution in [-0.4, -0.2) is 11.5 Å². The van der Waals surface area contributed by atoms with Crippen molar-refractivity contribution in [2.24, 2.45) is 0 Å². The molecule has 1 aromatic carbocycles. The van der Waals surface area contributed by atoms with E-state index in [2.05, 4.69) is 40.6 Å². The minimum absolute atomic E-state index is 0.683. The average molecular weight is 238 g/mol. The van der Waals surface area contributed by atoms with Gasteiger partial charge in [0.1, 0.15) is 0 Å². The van der Waals surface area contributed by atoms with Crippen molar-refractivity contribution in [1.29, 1.82) is 0 Å². The second-order valence-electron chi connectivity index (χ2n) is 4.90. The first-order chi connectivity index (χ1) is 8.93. The van der Waals surface area contributed by atoms with E-state index in [1.54, 1.807) is 0 Å². The van der Waals surface area contributed by atoms with E-state index >= 15 is 0 Å². The number of anilines is 1. The molecule has 2 nitrogen and oxygen atoms in total. The molecule has 1 aliphatic rings. The summed E-state index contributed by atoms with van der Waals surface area (Å²) >= 11 is 0. The molecule has 92 valence electrons. The number of hydrogen-bond donors (Lipinski definition) is 1. The van der Waals surface area contributed by atoms with Gasteiger partial charge in [-0.1, -0.05) is 24.3 Å². The molecule has 3 rings (SSSR count). The van der Waals surface area contributed by atoms with Crippen molar-refractivity contribution in [2.45, 2.75) is 25.2 Å². The molecule has 1 N–H and O–H groups in total. The lowest BCUT2D eigenvalue weighted by atomic mass is 9.86. The van der Waals surface area contributed by atoms with Gasteiger partial charge in [-0.05, 0) is 48.4 Å². The average Bonchev–Trinajstić information content (AvgIpc) is 2.46. The number of rotatable bonds is 3. The summed E-state index contributed by atoms with van der Waals surface area (Å²) in [5, 5.41) is 3.48. The summed E-state index contributed by atoms with van der Waals surface area (Å²) < 4.78 is 0. The highest BCUT2D eigenvalue weighted by atomic mass is 14.9. The SMILES string of the molecule is c1cncc(CCC2CCNc3ccccc32)c1. The van der Waals surface area contributed by atoms with Gasteiger partial charge in [0.15, 0.2) is 0 Å². The summed E-state index contributed by atoms with van der Waals surface area (Å²) in [5.41, 5.74) is 4.14. The number of pyridine rings is 1. The molecule has 0 radical (unpaired) electrons. The Balaban J connectivity index is 1.71. The molecule has 1 aromatic heterocycles. The van der Waals surface area contributed by atoms with Crippen molar-refractivity contribution in [3.8, 4) is 0 Å². The van der Waals surface area contributed by atoms with Crippen LogP contribution in [0.2, 0.25) is 0 Å². The number of aromatic nitrogens is 1. The predicted octanol–water partition coefficient (Wildman–Crippen LogP) is 3.61. The van der Waals surface area contributed by atoms with Crippen molar-refractivity contribution in [3.63, 3.8) is 0 Å². The number of para-hydroxylation sites is 1. The van der Waals surface area contributed by atoms with Crippen LogP contribution in [0.3, 0.4) is 0 Å². The number of aryl methyl sites for hydroxylation is 1. The highest BCUT2D eigenvalue weighted by Gasteiger charge is 2.18. The third-order valence-electron chi connectivity index (χ3n) is 3.71. The molecule has 1 unspecified atom stereocenters. The minimum atomic E-state index is 0.683. The Bertz CT molecular complexity index is 508. The molecule has 1 atom stereocenters. The summed E-state index contributed by atoms with van der Waals surface area (Å²) in [6.07, 6.45) is 7.38. The Morgan fingerprint density at radius 3 is 3.00 bits per heavy atom. The van der Waals surface area contributed by atoms with Crippen LogP contribution in [0, 0.1) is 0 Å². The van der Waals surface area contributed by atoms with E-state index < -0.39 is 0 Å². The van der Waals surface area contributed by atoms with Crippen LogP contribution in [0.4, 0.5) is 5.69 Å². The van der Waals surface area contributed by atoms with Gasteiger partial charge in [0.25, 0.3) is 0 Å². The van der Waals surface area contributed by atoms with E-state index in [0.29, 0.717) is 5.92 Å². The van der Waals surface area contributed by atoms with Gasteiger partial charge >= 0.3 is 0 Å². The van der Waals surface area contributed by atoms with Crippen LogP contribution in [0.25, 0.3) is 0 Å². The van der Waals surface area contributed by atoms with E-state index in [0.717, 1.165) is 13.0 Å². The van der Waals surface area contributed by atoms with Gasteiger partial charge in [-0.25, -0.2) is 0 Å². The highest BCUT2D eigenvalue weighted by Crippen LogP contribution is 2.34. The van der Waals surface area contributed by atoms with Crippen molar-refractivity contribution in [1.82, 2.24) is 4.98 Å². The zero-order chi connectivity index (χ0) is 12.2. The van der Waals surface area contributed by atoms with Crippen molar-refractivity contribution < 1.29 is 0 Å². The first-order valence-corrected chi connectivity index (χ1v) is 6.65. The summed E-state index contributed by atoms with van der Waals surface area (Å²) in [6.45, 7) is 1.09. The van der Waals surface area contributed by atoms with Gasteiger partial charge in [-0.2, -0.15) is 0 Å². The van der Waals surface area contributed by atoms with Gasteiger partial charge in [0.05, 0.1) is 0 Å². The maximum absolute atomic E-state index is 4.18. The van der Waals surface area contributed by atoms with E-state index in [-0.39, 0.29) is 0 Å². The second-order valence-corrected chi connectivity index (χ2v) is 4.90. The smallest absolute Gasteiger partial charge is 0.0375 e. The summed E-state index contributed by atoms with van der Waals surface area (Å²) in [5.74, 6) is 0.683. The van der Waals surface area contributed by atoms with Crippen LogP contribution >= 0.6 is 0 Å². The number of hydrogen-bond acceptors (Lipinski definition) is 2. The number of nitrogens with one attached hydrogen (secondary N) is 1. The van der Waals surface area contributed by atoms with E-state index in [1.807, 2.05) is 18.5 Å². The Morgan fingerprint density at radius 2 is 2.11 bits per heavy atom. The minimum Gasteiger partial charge on any atom is -0.385 e.